The van der Waals surface area contributed by atoms with Crippen molar-refractivity contribution in [3.05, 3.63) is 63.6 Å². The summed E-state index contributed by atoms with van der Waals surface area (Å²) in [5, 5.41) is 3.15. The Labute approximate surface area is 146 Å². The van der Waals surface area contributed by atoms with E-state index in [9.17, 15) is 9.18 Å². The van der Waals surface area contributed by atoms with Gasteiger partial charge in [-0.1, -0.05) is 11.6 Å². The summed E-state index contributed by atoms with van der Waals surface area (Å²) >= 11 is 7.65. The van der Waals surface area contributed by atoms with E-state index in [4.69, 9.17) is 11.6 Å². The highest BCUT2D eigenvalue weighted by atomic mass is 35.5. The first-order valence-electron chi connectivity index (χ1n) is 7.06. The van der Waals surface area contributed by atoms with Crippen molar-refractivity contribution in [1.29, 1.82) is 0 Å². The van der Waals surface area contributed by atoms with Crippen molar-refractivity contribution in [2.24, 2.45) is 0 Å². The van der Waals surface area contributed by atoms with Crippen molar-refractivity contribution in [3.8, 4) is 11.4 Å². The molecule has 2 aromatic heterocycles. The summed E-state index contributed by atoms with van der Waals surface area (Å²) in [7, 11) is 0. The van der Waals surface area contributed by atoms with E-state index in [1.54, 1.807) is 29.9 Å². The predicted molar refractivity (Wildman–Crippen MR) is 90.6 cm³/mol. The SMILES string of the molecule is O=C(NCCc1cncs1)c1cc(-c2ncc(F)cn2)ccc1Cl. The maximum atomic E-state index is 12.9. The average molecular weight is 363 g/mol. The van der Waals surface area contributed by atoms with Gasteiger partial charge in [-0.15, -0.1) is 11.3 Å². The number of amides is 1. The third kappa shape index (κ3) is 3.93. The Kier molecular flexibility index (Phi) is 5.12. The molecule has 1 amide bonds. The van der Waals surface area contributed by atoms with E-state index in [1.165, 1.54) is 11.3 Å². The maximum absolute atomic E-state index is 12.9. The second kappa shape index (κ2) is 7.46. The second-order valence-corrected chi connectivity index (χ2v) is 6.27. The van der Waals surface area contributed by atoms with Crippen LogP contribution in [0.15, 0.2) is 42.3 Å². The molecule has 0 bridgehead atoms. The van der Waals surface area contributed by atoms with E-state index < -0.39 is 5.82 Å². The molecule has 1 aromatic carbocycles. The second-order valence-electron chi connectivity index (χ2n) is 4.89. The molecule has 3 rings (SSSR count). The van der Waals surface area contributed by atoms with Crippen molar-refractivity contribution in [2.45, 2.75) is 6.42 Å². The third-order valence-electron chi connectivity index (χ3n) is 3.23. The summed E-state index contributed by atoms with van der Waals surface area (Å²) < 4.78 is 12.9. The number of hydrogen-bond acceptors (Lipinski definition) is 5. The largest absolute Gasteiger partial charge is 0.352 e. The van der Waals surface area contributed by atoms with Gasteiger partial charge in [-0.05, 0) is 18.2 Å². The number of hydrogen-bond donors (Lipinski definition) is 1. The van der Waals surface area contributed by atoms with Crippen LogP contribution in [-0.2, 0) is 6.42 Å². The molecule has 0 spiro atoms. The van der Waals surface area contributed by atoms with Crippen LogP contribution in [-0.4, -0.2) is 27.4 Å². The molecule has 0 aliphatic heterocycles. The van der Waals surface area contributed by atoms with Crippen LogP contribution in [0.4, 0.5) is 4.39 Å². The van der Waals surface area contributed by atoms with E-state index >= 15 is 0 Å². The number of nitrogens with one attached hydrogen (secondary N) is 1. The molecule has 122 valence electrons. The van der Waals surface area contributed by atoms with Gasteiger partial charge in [-0.25, -0.2) is 14.4 Å². The van der Waals surface area contributed by atoms with Gasteiger partial charge < -0.3 is 5.32 Å². The number of nitrogens with zero attached hydrogens (tertiary/aromatic N) is 3. The molecule has 5 nitrogen and oxygen atoms in total. The highest BCUT2D eigenvalue weighted by Crippen LogP contribution is 2.23. The molecule has 8 heteroatoms. The molecular formula is C16H12ClFN4OS. The van der Waals surface area contributed by atoms with Crippen LogP contribution in [0.1, 0.15) is 15.2 Å². The quantitative estimate of drug-likeness (QED) is 0.755. The predicted octanol–water partition coefficient (Wildman–Crippen LogP) is 3.37. The number of aromatic nitrogens is 3. The third-order valence-corrected chi connectivity index (χ3v) is 4.40. The van der Waals surface area contributed by atoms with Gasteiger partial charge in [0, 0.05) is 29.6 Å². The highest BCUT2D eigenvalue weighted by molar-refractivity contribution is 7.09. The van der Waals surface area contributed by atoms with Crippen molar-refractivity contribution < 1.29 is 9.18 Å². The zero-order chi connectivity index (χ0) is 16.9. The van der Waals surface area contributed by atoms with Crippen LogP contribution in [0, 0.1) is 5.82 Å². The Morgan fingerprint density at radius 1 is 1.25 bits per heavy atom. The number of thiazole rings is 1. The maximum Gasteiger partial charge on any atom is 0.252 e. The average Bonchev–Trinajstić information content (AvgIpc) is 3.09. The monoisotopic (exact) mass is 362 g/mol. The Balaban J connectivity index is 1.73. The van der Waals surface area contributed by atoms with Gasteiger partial charge in [0.2, 0.25) is 0 Å². The van der Waals surface area contributed by atoms with Crippen molar-refractivity contribution in [3.63, 3.8) is 0 Å². The van der Waals surface area contributed by atoms with Gasteiger partial charge in [0.05, 0.1) is 28.5 Å². The van der Waals surface area contributed by atoms with Crippen LogP contribution in [0.3, 0.4) is 0 Å². The first-order chi connectivity index (χ1) is 11.6. The van der Waals surface area contributed by atoms with Crippen molar-refractivity contribution >= 4 is 28.8 Å². The molecule has 2 heterocycles. The zero-order valence-corrected chi connectivity index (χ0v) is 13.9. The van der Waals surface area contributed by atoms with Gasteiger partial charge in [0.1, 0.15) is 0 Å². The Bertz CT molecular complexity index is 840. The molecule has 0 saturated carbocycles. The van der Waals surface area contributed by atoms with E-state index in [0.29, 0.717) is 34.9 Å². The van der Waals surface area contributed by atoms with Crippen molar-refractivity contribution in [2.75, 3.05) is 6.54 Å². The molecule has 0 atom stereocenters. The summed E-state index contributed by atoms with van der Waals surface area (Å²) in [4.78, 5) is 25.2. The van der Waals surface area contributed by atoms with E-state index in [0.717, 1.165) is 17.3 Å². The Hall–Kier alpha value is -2.38. The lowest BCUT2D eigenvalue weighted by Gasteiger charge is -2.08. The summed E-state index contributed by atoms with van der Waals surface area (Å²) in [5.74, 6) is -0.478. The van der Waals surface area contributed by atoms with E-state index in [2.05, 4.69) is 20.3 Å². The Morgan fingerprint density at radius 2 is 2.04 bits per heavy atom. The molecule has 24 heavy (non-hydrogen) atoms. The molecule has 0 fully saturated rings. The fraction of sp³-hybridized carbons (Fsp3) is 0.125. The topological polar surface area (TPSA) is 67.8 Å². The van der Waals surface area contributed by atoms with E-state index in [-0.39, 0.29) is 5.91 Å². The van der Waals surface area contributed by atoms with Gasteiger partial charge in [0.15, 0.2) is 11.6 Å². The summed E-state index contributed by atoms with van der Waals surface area (Å²) in [6, 6.07) is 4.88. The van der Waals surface area contributed by atoms with Crippen LogP contribution in [0.2, 0.25) is 5.02 Å². The number of carbonyl (C=O) groups excluding carboxylic acids is 1. The minimum Gasteiger partial charge on any atom is -0.352 e. The standard InChI is InChI=1S/C16H12ClFN4OS/c17-14-2-1-10(15-21-6-11(18)7-22-15)5-13(14)16(23)20-4-3-12-8-19-9-24-12/h1-2,5-9H,3-4H2,(H,20,23). The number of rotatable bonds is 5. The minimum atomic E-state index is -0.520. The van der Waals surface area contributed by atoms with Gasteiger partial charge >= 0.3 is 0 Å². The summed E-state index contributed by atoms with van der Waals surface area (Å²) in [5.41, 5.74) is 2.67. The molecule has 0 radical (unpaired) electrons. The fourth-order valence-electron chi connectivity index (χ4n) is 2.06. The Morgan fingerprint density at radius 3 is 2.75 bits per heavy atom. The molecule has 0 aliphatic rings. The lowest BCUT2D eigenvalue weighted by Crippen LogP contribution is -2.25. The first-order valence-corrected chi connectivity index (χ1v) is 8.32. The molecule has 3 aromatic rings. The first kappa shape index (κ1) is 16.5. The molecular weight excluding hydrogens is 351 g/mol. The molecule has 0 aliphatic carbocycles. The highest BCUT2D eigenvalue weighted by Gasteiger charge is 2.13. The normalized spacial score (nSPS) is 10.6. The minimum absolute atomic E-state index is 0.284. The number of halogens is 2. The van der Waals surface area contributed by atoms with Crippen LogP contribution in [0.5, 0.6) is 0 Å². The molecule has 1 N–H and O–H groups in total. The van der Waals surface area contributed by atoms with Gasteiger partial charge in [0.25, 0.3) is 5.91 Å². The number of carbonyl (C=O) groups is 1. The molecule has 0 unspecified atom stereocenters. The summed E-state index contributed by atoms with van der Waals surface area (Å²) in [6.45, 7) is 0.481. The van der Waals surface area contributed by atoms with Gasteiger partial charge in [-0.3, -0.25) is 9.78 Å². The van der Waals surface area contributed by atoms with Crippen molar-refractivity contribution in [1.82, 2.24) is 20.3 Å². The number of benzene rings is 1. The van der Waals surface area contributed by atoms with Gasteiger partial charge in [-0.2, -0.15) is 0 Å². The van der Waals surface area contributed by atoms with Crippen LogP contribution < -0.4 is 5.32 Å². The smallest absolute Gasteiger partial charge is 0.252 e. The lowest BCUT2D eigenvalue weighted by molar-refractivity contribution is 0.0954. The fourth-order valence-corrected chi connectivity index (χ4v) is 2.86. The van der Waals surface area contributed by atoms with Crippen LogP contribution >= 0.6 is 22.9 Å². The zero-order valence-electron chi connectivity index (χ0n) is 12.4. The summed E-state index contributed by atoms with van der Waals surface area (Å²) in [6.07, 6.45) is 4.63. The molecule has 0 saturated heterocycles. The van der Waals surface area contributed by atoms with E-state index in [1.807, 2.05) is 0 Å². The lowest BCUT2D eigenvalue weighted by atomic mass is 10.1. The van der Waals surface area contributed by atoms with Crippen LogP contribution in [0.25, 0.3) is 11.4 Å².